The first-order valence-electron chi connectivity index (χ1n) is 5.61. The molecule has 0 heterocycles. The van der Waals surface area contributed by atoms with Crippen LogP contribution in [0.3, 0.4) is 0 Å². The molecule has 88 valence electrons. The first kappa shape index (κ1) is 13.1. The highest BCUT2D eigenvalue weighted by Gasteiger charge is 2.32. The number of amides is 1. The van der Waals surface area contributed by atoms with Crippen molar-refractivity contribution in [2.45, 2.75) is 44.6 Å². The lowest BCUT2D eigenvalue weighted by Crippen LogP contribution is -2.52. The molecule has 15 heavy (non-hydrogen) atoms. The van der Waals surface area contributed by atoms with Gasteiger partial charge in [-0.15, -0.1) is 23.2 Å². The summed E-state index contributed by atoms with van der Waals surface area (Å²) in [5, 5.41) is 3.02. The Kier molecular flexibility index (Phi) is 5.20. The average molecular weight is 252 g/mol. The number of hydrogen-bond donors (Lipinski definition) is 1. The number of rotatable bonds is 5. The standard InChI is InChI=1S/C11H19Cl2NO/c1-2-11(7-12,8-13)14-10(15)9-5-3-4-6-9/h9H,2-8H2,1H3,(H,14,15). The molecule has 1 aliphatic rings. The predicted octanol–water partition coefficient (Wildman–Crippen LogP) is 2.92. The maximum Gasteiger partial charge on any atom is 0.223 e. The van der Waals surface area contributed by atoms with Crippen LogP contribution in [0.15, 0.2) is 0 Å². The minimum atomic E-state index is -0.414. The highest BCUT2D eigenvalue weighted by Crippen LogP contribution is 2.26. The molecule has 0 spiro atoms. The molecule has 0 aromatic rings. The lowest BCUT2D eigenvalue weighted by atomic mass is 9.99. The van der Waals surface area contributed by atoms with Gasteiger partial charge in [-0.1, -0.05) is 19.8 Å². The molecular weight excluding hydrogens is 233 g/mol. The summed E-state index contributed by atoms with van der Waals surface area (Å²) in [6.45, 7) is 2.00. The second-order valence-corrected chi connectivity index (χ2v) is 4.91. The van der Waals surface area contributed by atoms with E-state index in [2.05, 4.69) is 5.32 Å². The van der Waals surface area contributed by atoms with Gasteiger partial charge in [-0.25, -0.2) is 0 Å². The van der Waals surface area contributed by atoms with Gasteiger partial charge in [-0.05, 0) is 19.3 Å². The Balaban J connectivity index is 2.53. The summed E-state index contributed by atoms with van der Waals surface area (Å²) in [5.41, 5.74) is -0.414. The minimum absolute atomic E-state index is 0.135. The van der Waals surface area contributed by atoms with E-state index in [0.29, 0.717) is 11.8 Å². The first-order valence-corrected chi connectivity index (χ1v) is 6.68. The summed E-state index contributed by atoms with van der Waals surface area (Å²) in [6, 6.07) is 0. The minimum Gasteiger partial charge on any atom is -0.348 e. The number of carbonyl (C=O) groups is 1. The van der Waals surface area contributed by atoms with E-state index in [9.17, 15) is 4.79 Å². The molecule has 1 N–H and O–H groups in total. The van der Waals surface area contributed by atoms with Gasteiger partial charge in [0.15, 0.2) is 0 Å². The zero-order valence-electron chi connectivity index (χ0n) is 9.19. The second kappa shape index (κ2) is 5.95. The number of hydrogen-bond acceptors (Lipinski definition) is 1. The van der Waals surface area contributed by atoms with Gasteiger partial charge in [0.2, 0.25) is 5.91 Å². The van der Waals surface area contributed by atoms with Crippen molar-refractivity contribution in [2.24, 2.45) is 5.92 Å². The topological polar surface area (TPSA) is 29.1 Å². The van der Waals surface area contributed by atoms with Gasteiger partial charge in [0, 0.05) is 17.7 Å². The fourth-order valence-corrected chi connectivity index (χ4v) is 2.73. The van der Waals surface area contributed by atoms with E-state index in [1.807, 2.05) is 6.92 Å². The Morgan fingerprint density at radius 3 is 2.27 bits per heavy atom. The maximum absolute atomic E-state index is 11.9. The molecule has 0 bridgehead atoms. The van der Waals surface area contributed by atoms with Crippen molar-refractivity contribution in [1.29, 1.82) is 0 Å². The van der Waals surface area contributed by atoms with Crippen molar-refractivity contribution in [1.82, 2.24) is 5.32 Å². The van der Waals surface area contributed by atoms with Crippen molar-refractivity contribution in [3.63, 3.8) is 0 Å². The molecule has 0 atom stereocenters. The van der Waals surface area contributed by atoms with E-state index in [4.69, 9.17) is 23.2 Å². The summed E-state index contributed by atoms with van der Waals surface area (Å²) in [7, 11) is 0. The number of carbonyl (C=O) groups excluding carboxylic acids is 1. The summed E-state index contributed by atoms with van der Waals surface area (Å²) in [6.07, 6.45) is 5.13. The molecule has 1 fully saturated rings. The molecule has 1 aliphatic carbocycles. The zero-order chi connectivity index (χ0) is 11.3. The van der Waals surface area contributed by atoms with E-state index >= 15 is 0 Å². The van der Waals surface area contributed by atoms with Gasteiger partial charge in [0.1, 0.15) is 0 Å². The molecule has 0 aliphatic heterocycles. The summed E-state index contributed by atoms with van der Waals surface area (Å²) in [4.78, 5) is 11.9. The molecule has 1 amide bonds. The lowest BCUT2D eigenvalue weighted by molar-refractivity contribution is -0.126. The van der Waals surface area contributed by atoms with Crippen LogP contribution in [0.1, 0.15) is 39.0 Å². The van der Waals surface area contributed by atoms with Crippen LogP contribution in [-0.2, 0) is 4.79 Å². The largest absolute Gasteiger partial charge is 0.348 e. The lowest BCUT2D eigenvalue weighted by Gasteiger charge is -2.30. The summed E-state index contributed by atoms with van der Waals surface area (Å²) < 4.78 is 0. The van der Waals surface area contributed by atoms with Crippen LogP contribution in [0, 0.1) is 5.92 Å². The quantitative estimate of drug-likeness (QED) is 0.749. The summed E-state index contributed by atoms with van der Waals surface area (Å²) >= 11 is 11.8. The third-order valence-corrected chi connectivity index (χ3v) is 4.33. The number of alkyl halides is 2. The van der Waals surface area contributed by atoms with Crippen LogP contribution in [0.5, 0.6) is 0 Å². The molecule has 2 nitrogen and oxygen atoms in total. The Labute approximate surface area is 102 Å². The van der Waals surface area contributed by atoms with E-state index in [1.54, 1.807) is 0 Å². The highest BCUT2D eigenvalue weighted by atomic mass is 35.5. The second-order valence-electron chi connectivity index (χ2n) is 4.37. The molecule has 0 radical (unpaired) electrons. The van der Waals surface area contributed by atoms with E-state index in [1.165, 1.54) is 12.8 Å². The molecule has 1 rings (SSSR count). The van der Waals surface area contributed by atoms with Gasteiger partial charge in [0.05, 0.1) is 5.54 Å². The summed E-state index contributed by atoms with van der Waals surface area (Å²) in [5.74, 6) is 1.08. The molecular formula is C11H19Cl2NO. The van der Waals surface area contributed by atoms with Gasteiger partial charge in [0.25, 0.3) is 0 Å². The van der Waals surface area contributed by atoms with Crippen molar-refractivity contribution in [3.05, 3.63) is 0 Å². The number of halogens is 2. The van der Waals surface area contributed by atoms with Crippen LogP contribution in [0.4, 0.5) is 0 Å². The van der Waals surface area contributed by atoms with Crippen molar-refractivity contribution in [3.8, 4) is 0 Å². The third kappa shape index (κ3) is 3.25. The molecule has 0 saturated heterocycles. The van der Waals surface area contributed by atoms with Crippen molar-refractivity contribution in [2.75, 3.05) is 11.8 Å². The first-order chi connectivity index (χ1) is 7.17. The van der Waals surface area contributed by atoms with Crippen molar-refractivity contribution >= 4 is 29.1 Å². The van der Waals surface area contributed by atoms with E-state index < -0.39 is 5.54 Å². The Morgan fingerprint density at radius 1 is 1.33 bits per heavy atom. The Bertz CT molecular complexity index is 202. The average Bonchev–Trinajstić information content (AvgIpc) is 2.79. The maximum atomic E-state index is 11.9. The van der Waals surface area contributed by atoms with Crippen LogP contribution >= 0.6 is 23.2 Å². The molecule has 0 aromatic carbocycles. The van der Waals surface area contributed by atoms with Gasteiger partial charge in [-0.3, -0.25) is 4.79 Å². The van der Waals surface area contributed by atoms with Gasteiger partial charge in [-0.2, -0.15) is 0 Å². The SMILES string of the molecule is CCC(CCl)(CCl)NC(=O)C1CCCC1. The fraction of sp³-hybridized carbons (Fsp3) is 0.909. The predicted molar refractivity (Wildman–Crippen MR) is 64.6 cm³/mol. The van der Waals surface area contributed by atoms with Crippen LogP contribution in [-0.4, -0.2) is 23.2 Å². The van der Waals surface area contributed by atoms with Crippen molar-refractivity contribution < 1.29 is 4.79 Å². The van der Waals surface area contributed by atoms with Gasteiger partial charge < -0.3 is 5.32 Å². The normalized spacial score (nSPS) is 18.1. The fourth-order valence-electron chi connectivity index (χ4n) is 1.93. The van der Waals surface area contributed by atoms with Crippen LogP contribution < -0.4 is 5.32 Å². The smallest absolute Gasteiger partial charge is 0.223 e. The Hall–Kier alpha value is 0.0500. The number of nitrogens with one attached hydrogen (secondary N) is 1. The van der Waals surface area contributed by atoms with E-state index in [0.717, 1.165) is 19.3 Å². The van der Waals surface area contributed by atoms with E-state index in [-0.39, 0.29) is 11.8 Å². The monoisotopic (exact) mass is 251 g/mol. The third-order valence-electron chi connectivity index (χ3n) is 3.30. The Morgan fingerprint density at radius 2 is 1.87 bits per heavy atom. The van der Waals surface area contributed by atoms with Crippen LogP contribution in [0.25, 0.3) is 0 Å². The zero-order valence-corrected chi connectivity index (χ0v) is 10.7. The van der Waals surface area contributed by atoms with Crippen LogP contribution in [0.2, 0.25) is 0 Å². The molecule has 4 heteroatoms. The van der Waals surface area contributed by atoms with Gasteiger partial charge >= 0.3 is 0 Å². The molecule has 0 unspecified atom stereocenters. The molecule has 0 aromatic heterocycles. The molecule has 1 saturated carbocycles. The highest BCUT2D eigenvalue weighted by molar-refractivity contribution is 6.22.